The molecule has 1 aromatic carbocycles. The number of carbonyl (C=O) groups excluding carboxylic acids is 1. The van der Waals surface area contributed by atoms with E-state index in [4.69, 9.17) is 10.5 Å². The van der Waals surface area contributed by atoms with Crippen molar-refractivity contribution in [3.63, 3.8) is 0 Å². The van der Waals surface area contributed by atoms with Crippen LogP contribution < -0.4 is 5.73 Å². The second kappa shape index (κ2) is 8.66. The SMILES string of the molecule is CCC/C(=C\c1c(N)c(F)c(F)c(SI)c1F)C(=O)OCC. The number of carbonyl (C=O) groups is 1. The Hall–Kier alpha value is -0.900. The van der Waals surface area contributed by atoms with E-state index in [0.717, 1.165) is 6.08 Å². The molecule has 0 aliphatic heterocycles. The van der Waals surface area contributed by atoms with Crippen LogP contribution in [0.25, 0.3) is 6.08 Å². The van der Waals surface area contributed by atoms with Crippen LogP contribution in [0.5, 0.6) is 0 Å². The van der Waals surface area contributed by atoms with Gasteiger partial charge in [-0.3, -0.25) is 0 Å². The number of nitrogen functional groups attached to an aromatic ring is 1. The molecule has 1 rings (SSSR count). The molecule has 0 unspecified atom stereocenters. The number of ether oxygens (including phenoxy) is 1. The van der Waals surface area contributed by atoms with Crippen molar-refractivity contribution in [3.05, 3.63) is 28.6 Å². The average Bonchev–Trinajstić information content (AvgIpc) is 2.49. The molecule has 0 aromatic heterocycles. The lowest BCUT2D eigenvalue weighted by molar-refractivity contribution is -0.138. The molecule has 0 atom stereocenters. The summed E-state index contributed by atoms with van der Waals surface area (Å²) in [4.78, 5) is 11.4. The van der Waals surface area contributed by atoms with Crippen LogP contribution in [-0.2, 0) is 9.53 Å². The first-order valence-corrected chi connectivity index (χ1v) is 9.87. The number of rotatable bonds is 6. The first-order chi connectivity index (χ1) is 10.4. The lowest BCUT2D eigenvalue weighted by Crippen LogP contribution is -2.09. The molecule has 0 fully saturated rings. The van der Waals surface area contributed by atoms with Crippen molar-refractivity contribution in [1.29, 1.82) is 0 Å². The highest BCUT2D eigenvalue weighted by Crippen LogP contribution is 2.37. The van der Waals surface area contributed by atoms with Crippen LogP contribution in [0.1, 0.15) is 32.3 Å². The average molecular weight is 445 g/mol. The second-order valence-electron chi connectivity index (χ2n) is 4.32. The predicted octanol–water partition coefficient (Wildman–Crippen LogP) is 4.87. The standard InChI is InChI=1S/C14H15F3INO2S/c1-3-5-7(14(20)21-4-2)6-8-9(15)13(22-18)11(17)10(16)12(8)19/h6H,3-5,19H2,1-2H3/b7-6+. The van der Waals surface area contributed by atoms with Gasteiger partial charge in [0.15, 0.2) is 11.6 Å². The summed E-state index contributed by atoms with van der Waals surface area (Å²) in [5, 5.41) is 0. The molecule has 0 saturated carbocycles. The van der Waals surface area contributed by atoms with Crippen molar-refractivity contribution in [2.24, 2.45) is 0 Å². The minimum Gasteiger partial charge on any atom is -0.463 e. The maximum absolute atomic E-state index is 14.3. The maximum Gasteiger partial charge on any atom is 0.334 e. The third kappa shape index (κ3) is 4.09. The topological polar surface area (TPSA) is 52.3 Å². The number of benzene rings is 1. The molecule has 0 aliphatic rings. The van der Waals surface area contributed by atoms with E-state index in [9.17, 15) is 18.0 Å². The van der Waals surface area contributed by atoms with Crippen molar-refractivity contribution in [2.75, 3.05) is 12.3 Å². The highest BCUT2D eigenvalue weighted by Gasteiger charge is 2.23. The van der Waals surface area contributed by atoms with Gasteiger partial charge in [0.1, 0.15) is 5.82 Å². The van der Waals surface area contributed by atoms with E-state index in [-0.39, 0.29) is 17.7 Å². The van der Waals surface area contributed by atoms with Crippen molar-refractivity contribution in [2.45, 2.75) is 31.6 Å². The quantitative estimate of drug-likeness (QED) is 0.223. The minimum atomic E-state index is -1.33. The Balaban J connectivity index is 3.49. The van der Waals surface area contributed by atoms with Gasteiger partial charge in [-0.2, -0.15) is 0 Å². The molecule has 0 spiro atoms. The van der Waals surface area contributed by atoms with Gasteiger partial charge in [-0.25, -0.2) is 18.0 Å². The normalized spacial score (nSPS) is 11.6. The monoisotopic (exact) mass is 445 g/mol. The Morgan fingerprint density at radius 3 is 2.41 bits per heavy atom. The van der Waals surface area contributed by atoms with Crippen LogP contribution in [0.3, 0.4) is 0 Å². The van der Waals surface area contributed by atoms with Crippen molar-refractivity contribution in [3.8, 4) is 0 Å². The molecule has 0 radical (unpaired) electrons. The maximum atomic E-state index is 14.3. The number of hydrogen-bond acceptors (Lipinski definition) is 4. The van der Waals surface area contributed by atoms with E-state index in [1.54, 1.807) is 28.1 Å². The third-order valence-electron chi connectivity index (χ3n) is 2.81. The summed E-state index contributed by atoms with van der Waals surface area (Å²) >= 11 is 1.64. The van der Waals surface area contributed by atoms with Crippen LogP contribution in [0.4, 0.5) is 18.9 Å². The molecule has 0 heterocycles. The number of nitrogens with two attached hydrogens (primary N) is 1. The first-order valence-electron chi connectivity index (χ1n) is 6.51. The van der Waals surface area contributed by atoms with Gasteiger partial charge in [0, 0.05) is 32.3 Å². The lowest BCUT2D eigenvalue weighted by atomic mass is 10.0. The van der Waals surface area contributed by atoms with Gasteiger partial charge >= 0.3 is 5.97 Å². The Morgan fingerprint density at radius 1 is 1.27 bits per heavy atom. The van der Waals surface area contributed by atoms with Gasteiger partial charge < -0.3 is 10.5 Å². The molecular weight excluding hydrogens is 430 g/mol. The number of anilines is 1. The van der Waals surface area contributed by atoms with Crippen LogP contribution in [-0.4, -0.2) is 12.6 Å². The van der Waals surface area contributed by atoms with Crippen molar-refractivity contribution < 1.29 is 22.7 Å². The van der Waals surface area contributed by atoms with E-state index in [2.05, 4.69) is 0 Å². The highest BCUT2D eigenvalue weighted by atomic mass is 127. The van der Waals surface area contributed by atoms with E-state index in [1.807, 2.05) is 6.92 Å². The fraction of sp³-hybridized carbons (Fsp3) is 0.357. The Kier molecular flexibility index (Phi) is 7.54. The van der Waals surface area contributed by atoms with Gasteiger partial charge in [0.25, 0.3) is 0 Å². The third-order valence-corrected chi connectivity index (χ3v) is 4.64. The van der Waals surface area contributed by atoms with Crippen LogP contribution in [0.2, 0.25) is 0 Å². The van der Waals surface area contributed by atoms with Crippen LogP contribution >= 0.6 is 30.1 Å². The van der Waals surface area contributed by atoms with Gasteiger partial charge in [-0.05, 0) is 28.4 Å². The van der Waals surface area contributed by atoms with E-state index in [0.29, 0.717) is 21.8 Å². The Bertz CT molecular complexity index is 608. The number of esters is 1. The Morgan fingerprint density at radius 2 is 1.91 bits per heavy atom. The molecule has 0 bridgehead atoms. The van der Waals surface area contributed by atoms with Gasteiger partial charge in [-0.15, -0.1) is 0 Å². The smallest absolute Gasteiger partial charge is 0.334 e. The number of halogens is 4. The predicted molar refractivity (Wildman–Crippen MR) is 90.1 cm³/mol. The largest absolute Gasteiger partial charge is 0.463 e. The van der Waals surface area contributed by atoms with E-state index >= 15 is 0 Å². The fourth-order valence-corrected chi connectivity index (χ4v) is 3.28. The first kappa shape index (κ1) is 19.1. The second-order valence-corrected chi connectivity index (χ2v) is 6.20. The summed E-state index contributed by atoms with van der Waals surface area (Å²) < 4.78 is 46.6. The molecule has 3 nitrogen and oxygen atoms in total. The zero-order valence-electron chi connectivity index (χ0n) is 12.0. The molecule has 22 heavy (non-hydrogen) atoms. The minimum absolute atomic E-state index is 0.157. The summed E-state index contributed by atoms with van der Waals surface area (Å²) in [6.07, 6.45) is 2.04. The molecule has 0 saturated heterocycles. The summed E-state index contributed by atoms with van der Waals surface area (Å²) in [5.41, 5.74) is 4.62. The summed E-state index contributed by atoms with van der Waals surface area (Å²) in [5.74, 6) is -4.28. The molecule has 8 heteroatoms. The van der Waals surface area contributed by atoms with E-state index in [1.165, 1.54) is 0 Å². The van der Waals surface area contributed by atoms with E-state index < -0.39 is 34.0 Å². The van der Waals surface area contributed by atoms with Crippen LogP contribution in [0.15, 0.2) is 10.5 Å². The zero-order chi connectivity index (χ0) is 16.9. The van der Waals surface area contributed by atoms with Crippen molar-refractivity contribution >= 4 is 47.9 Å². The number of hydrogen-bond donors (Lipinski definition) is 1. The highest BCUT2D eigenvalue weighted by molar-refractivity contribution is 14.2. The molecular formula is C14H15F3INO2S. The Labute approximate surface area is 143 Å². The van der Waals surface area contributed by atoms with Gasteiger partial charge in [-0.1, -0.05) is 13.3 Å². The summed E-state index contributed by atoms with van der Waals surface area (Å²) in [7, 11) is 0.697. The summed E-state index contributed by atoms with van der Waals surface area (Å²) in [6.45, 7) is 3.62. The molecule has 2 N–H and O–H groups in total. The van der Waals surface area contributed by atoms with Crippen LogP contribution in [0, 0.1) is 17.5 Å². The molecule has 0 amide bonds. The van der Waals surface area contributed by atoms with Gasteiger partial charge in [0.2, 0.25) is 0 Å². The van der Waals surface area contributed by atoms with Crippen molar-refractivity contribution in [1.82, 2.24) is 0 Å². The molecule has 1 aromatic rings. The molecule has 122 valence electrons. The summed E-state index contributed by atoms with van der Waals surface area (Å²) in [6, 6.07) is 0. The fourth-order valence-electron chi connectivity index (χ4n) is 1.78. The lowest BCUT2D eigenvalue weighted by Gasteiger charge is -2.11. The zero-order valence-corrected chi connectivity index (χ0v) is 15.0. The molecule has 0 aliphatic carbocycles. The van der Waals surface area contributed by atoms with Gasteiger partial charge in [0.05, 0.1) is 17.2 Å².